The number of nitrogens with one attached hydrogen (secondary N) is 1. The number of aryl methyl sites for hydroxylation is 1. The molecule has 6 rings (SSSR count). The van der Waals surface area contributed by atoms with E-state index in [1.54, 1.807) is 12.1 Å². The second kappa shape index (κ2) is 9.00. The Morgan fingerprint density at radius 1 is 1.31 bits per heavy atom. The van der Waals surface area contributed by atoms with Crippen LogP contribution in [0.1, 0.15) is 7.79 Å². The molecular formula is C23H26F2N8O2. The summed E-state index contributed by atoms with van der Waals surface area (Å²) in [5.74, 6) is 0.458. The Hall–Kier alpha value is -3.38. The van der Waals surface area contributed by atoms with Gasteiger partial charge in [-0.2, -0.15) is 4.98 Å². The average molecular weight is 486 g/mol. The summed E-state index contributed by atoms with van der Waals surface area (Å²) in [6.45, 7) is 1.96. The number of hydrogen-bond donors (Lipinski definition) is 1. The van der Waals surface area contributed by atoms with Crippen molar-refractivity contribution in [3.63, 3.8) is 0 Å². The van der Waals surface area contributed by atoms with Crippen LogP contribution in [-0.2, 0) is 11.3 Å². The molecule has 1 N–H and O–H groups in total. The van der Waals surface area contributed by atoms with E-state index in [-0.39, 0.29) is 24.5 Å². The number of piperidine rings is 1. The van der Waals surface area contributed by atoms with Gasteiger partial charge in [0.15, 0.2) is 0 Å². The Morgan fingerprint density at radius 3 is 2.94 bits per heavy atom. The van der Waals surface area contributed by atoms with Crippen molar-refractivity contribution in [2.75, 3.05) is 45.4 Å². The Labute approximate surface area is 201 Å². The van der Waals surface area contributed by atoms with Gasteiger partial charge in [0, 0.05) is 24.8 Å². The lowest BCUT2D eigenvalue weighted by molar-refractivity contribution is -0.0794. The van der Waals surface area contributed by atoms with Crippen molar-refractivity contribution in [3.8, 4) is 17.0 Å². The number of aromatic nitrogens is 6. The normalized spacial score (nSPS) is 21.9. The highest BCUT2D eigenvalue weighted by Crippen LogP contribution is 2.33. The Morgan fingerprint density at radius 2 is 2.20 bits per heavy atom. The van der Waals surface area contributed by atoms with Gasteiger partial charge < -0.3 is 14.8 Å². The van der Waals surface area contributed by atoms with Crippen LogP contribution in [0.25, 0.3) is 27.7 Å². The van der Waals surface area contributed by atoms with E-state index in [0.29, 0.717) is 54.3 Å². The molecule has 12 heteroatoms. The van der Waals surface area contributed by atoms with Crippen LogP contribution < -0.4 is 10.1 Å². The maximum absolute atomic E-state index is 15.0. The molecule has 0 unspecified atom stereocenters. The first-order chi connectivity index (χ1) is 17.6. The predicted molar refractivity (Wildman–Crippen MR) is 125 cm³/mol. The minimum atomic E-state index is -1.09. The third kappa shape index (κ3) is 3.96. The minimum Gasteiger partial charge on any atom is -0.479 e. The SMILES string of the molecule is [2H]c1cc(-c2ccc3nnn(CCF)c3c2)c2c(OC)nc(N[C@@H]3CCN(C4COC4)C[C@@H]3F)nn12. The van der Waals surface area contributed by atoms with Crippen molar-refractivity contribution in [2.24, 2.45) is 0 Å². The summed E-state index contributed by atoms with van der Waals surface area (Å²) >= 11 is 0. The van der Waals surface area contributed by atoms with Crippen LogP contribution in [0, 0.1) is 0 Å². The number of likely N-dealkylation sites (tertiary alicyclic amines) is 1. The van der Waals surface area contributed by atoms with Crippen molar-refractivity contribution in [3.05, 3.63) is 30.4 Å². The number of nitrogens with zero attached hydrogens (tertiary/aromatic N) is 7. The number of halogens is 2. The van der Waals surface area contributed by atoms with Gasteiger partial charge in [0.25, 0.3) is 0 Å². The Bertz CT molecular complexity index is 1410. The molecule has 0 radical (unpaired) electrons. The first-order valence-electron chi connectivity index (χ1n) is 12.1. The van der Waals surface area contributed by atoms with Gasteiger partial charge in [-0.3, -0.25) is 4.90 Å². The largest absolute Gasteiger partial charge is 0.479 e. The van der Waals surface area contributed by atoms with Gasteiger partial charge in [-0.25, -0.2) is 18.0 Å². The fourth-order valence-corrected chi connectivity index (χ4v) is 4.75. The number of ether oxygens (including phenoxy) is 2. The quantitative estimate of drug-likeness (QED) is 0.426. The topological polar surface area (TPSA) is 94.6 Å². The molecule has 2 aliphatic heterocycles. The predicted octanol–water partition coefficient (Wildman–Crippen LogP) is 2.34. The smallest absolute Gasteiger partial charge is 0.244 e. The van der Waals surface area contributed by atoms with Crippen molar-refractivity contribution in [1.29, 1.82) is 0 Å². The number of methoxy groups -OCH3 is 1. The van der Waals surface area contributed by atoms with Crippen molar-refractivity contribution in [2.45, 2.75) is 31.2 Å². The first kappa shape index (κ1) is 20.9. The lowest BCUT2D eigenvalue weighted by atomic mass is 10.0. The third-order valence-corrected chi connectivity index (χ3v) is 6.74. The zero-order chi connectivity index (χ0) is 24.8. The Balaban J connectivity index is 1.32. The lowest BCUT2D eigenvalue weighted by Gasteiger charge is -2.42. The molecule has 4 aromatic rings. The summed E-state index contributed by atoms with van der Waals surface area (Å²) in [5.41, 5.74) is 3.28. The zero-order valence-corrected chi connectivity index (χ0v) is 19.2. The maximum atomic E-state index is 15.0. The number of alkyl halides is 2. The molecule has 3 aromatic heterocycles. The minimum absolute atomic E-state index is 0.102. The third-order valence-electron chi connectivity index (χ3n) is 6.74. The summed E-state index contributed by atoms with van der Waals surface area (Å²) in [5, 5.41) is 15.7. The van der Waals surface area contributed by atoms with E-state index in [2.05, 4.69) is 30.6 Å². The molecule has 184 valence electrons. The van der Waals surface area contributed by atoms with E-state index >= 15 is 0 Å². The second-order valence-electron chi connectivity index (χ2n) is 8.84. The number of rotatable bonds is 7. The van der Waals surface area contributed by atoms with Crippen LogP contribution in [0.5, 0.6) is 5.88 Å². The van der Waals surface area contributed by atoms with Gasteiger partial charge in [-0.15, -0.1) is 10.2 Å². The Kier molecular flexibility index (Phi) is 5.39. The van der Waals surface area contributed by atoms with Gasteiger partial charge >= 0.3 is 0 Å². The molecule has 0 spiro atoms. The van der Waals surface area contributed by atoms with E-state index < -0.39 is 18.9 Å². The molecule has 2 aliphatic rings. The molecule has 5 heterocycles. The van der Waals surface area contributed by atoms with Gasteiger partial charge in [0.1, 0.15) is 23.9 Å². The van der Waals surface area contributed by atoms with Crippen LogP contribution in [-0.4, -0.2) is 92.8 Å². The van der Waals surface area contributed by atoms with Crippen LogP contribution in [0.3, 0.4) is 0 Å². The van der Waals surface area contributed by atoms with Crippen LogP contribution >= 0.6 is 0 Å². The molecular weight excluding hydrogens is 458 g/mol. The molecule has 0 amide bonds. The highest BCUT2D eigenvalue weighted by atomic mass is 19.1. The van der Waals surface area contributed by atoms with Crippen LogP contribution in [0.4, 0.5) is 14.7 Å². The van der Waals surface area contributed by atoms with Crippen LogP contribution in [0.15, 0.2) is 30.4 Å². The van der Waals surface area contributed by atoms with Crippen molar-refractivity contribution >= 4 is 22.5 Å². The van der Waals surface area contributed by atoms with Gasteiger partial charge in [-0.1, -0.05) is 11.3 Å². The van der Waals surface area contributed by atoms with E-state index in [1.807, 2.05) is 12.1 Å². The number of benzene rings is 1. The molecule has 0 saturated carbocycles. The van der Waals surface area contributed by atoms with Crippen molar-refractivity contribution < 1.29 is 19.6 Å². The molecule has 2 atom stereocenters. The summed E-state index contributed by atoms with van der Waals surface area (Å²) in [7, 11) is 1.49. The summed E-state index contributed by atoms with van der Waals surface area (Å²) < 4.78 is 50.2. The molecule has 0 aliphatic carbocycles. The monoisotopic (exact) mass is 485 g/mol. The standard InChI is InChI=1S/C23H26F2N8O2/c1-34-22-21-16(14-2-3-19-20(10-14)32(9-6-24)30-28-19)4-8-33(21)29-23(27-22)26-18-5-7-31(11-17(18)25)15-12-35-13-15/h2-4,8,10,15,17-18H,5-7,9,11-13H2,1H3,(H,26,29)/t17-,18+/m0/s1/i8D. The summed E-state index contributed by atoms with van der Waals surface area (Å²) in [6.07, 6.45) is -0.363. The maximum Gasteiger partial charge on any atom is 0.244 e. The lowest BCUT2D eigenvalue weighted by Crippen LogP contribution is -2.57. The molecule has 0 bridgehead atoms. The fourth-order valence-electron chi connectivity index (χ4n) is 4.75. The molecule has 1 aromatic carbocycles. The number of anilines is 1. The number of hydrogen-bond acceptors (Lipinski definition) is 8. The highest BCUT2D eigenvalue weighted by Gasteiger charge is 2.35. The van der Waals surface area contributed by atoms with Crippen molar-refractivity contribution in [1.82, 2.24) is 34.5 Å². The number of fused-ring (bicyclic) bond motifs is 2. The van der Waals surface area contributed by atoms with E-state index in [0.717, 1.165) is 12.1 Å². The molecule has 2 saturated heterocycles. The van der Waals surface area contributed by atoms with E-state index in [4.69, 9.17) is 10.8 Å². The van der Waals surface area contributed by atoms with Crippen LogP contribution in [0.2, 0.25) is 0 Å². The second-order valence-corrected chi connectivity index (χ2v) is 8.84. The summed E-state index contributed by atoms with van der Waals surface area (Å²) in [6, 6.07) is 7.02. The van der Waals surface area contributed by atoms with E-state index in [9.17, 15) is 8.78 Å². The first-order valence-corrected chi connectivity index (χ1v) is 11.6. The van der Waals surface area contributed by atoms with Gasteiger partial charge in [0.05, 0.1) is 45.8 Å². The molecule has 10 nitrogen and oxygen atoms in total. The molecule has 2 fully saturated rings. The fraction of sp³-hybridized carbons (Fsp3) is 0.478. The zero-order valence-electron chi connectivity index (χ0n) is 20.2. The average Bonchev–Trinajstić information content (AvgIpc) is 3.40. The summed E-state index contributed by atoms with van der Waals surface area (Å²) in [4.78, 5) is 6.63. The highest BCUT2D eigenvalue weighted by molar-refractivity contribution is 5.89. The van der Waals surface area contributed by atoms with E-state index in [1.165, 1.54) is 16.3 Å². The van der Waals surface area contributed by atoms with Gasteiger partial charge in [-0.05, 0) is 30.2 Å². The molecule has 35 heavy (non-hydrogen) atoms. The van der Waals surface area contributed by atoms with Gasteiger partial charge in [0.2, 0.25) is 11.8 Å².